The normalized spacial score (nSPS) is 21.3. The van der Waals surface area contributed by atoms with Crippen LogP contribution in [0.5, 0.6) is 0 Å². The van der Waals surface area contributed by atoms with Crippen LogP contribution < -0.4 is 0 Å². The number of carbonyl (C=O) groups is 2. The minimum atomic E-state index is -0.375. The lowest BCUT2D eigenvalue weighted by Crippen LogP contribution is -2.22. The Morgan fingerprint density at radius 2 is 2.25 bits per heavy atom. The smallest absolute Gasteiger partial charge is 0.170 e. The topological polar surface area (TPSA) is 67.5 Å². The van der Waals surface area contributed by atoms with Gasteiger partial charge in [-0.2, -0.15) is 0 Å². The Hall–Kier alpha value is -1.84. The predicted octanol–water partition coefficient (Wildman–Crippen LogP) is 2.13. The number of aliphatic hydroxyl groups excluding tert-OH is 1. The van der Waals surface area contributed by atoms with E-state index in [0.29, 0.717) is 5.76 Å². The summed E-state index contributed by atoms with van der Waals surface area (Å²) in [4.78, 5) is 22.8. The number of carbonyl (C=O) groups excluding carboxylic acids is 2. The van der Waals surface area contributed by atoms with Gasteiger partial charge in [0.15, 0.2) is 11.6 Å². The molecule has 0 aliphatic heterocycles. The summed E-state index contributed by atoms with van der Waals surface area (Å²) in [6, 6.07) is 3.51. The molecule has 1 N–H and O–H groups in total. The molecule has 0 bridgehead atoms. The number of ketones is 2. The molecule has 0 aromatic carbocycles. The van der Waals surface area contributed by atoms with E-state index in [-0.39, 0.29) is 41.7 Å². The van der Waals surface area contributed by atoms with Crippen LogP contribution in [0.4, 0.5) is 0 Å². The molecule has 2 rings (SSSR count). The van der Waals surface area contributed by atoms with Gasteiger partial charge in [0.2, 0.25) is 0 Å². The van der Waals surface area contributed by atoms with Gasteiger partial charge < -0.3 is 9.52 Å². The second-order valence-electron chi connectivity index (χ2n) is 3.92. The van der Waals surface area contributed by atoms with E-state index in [1.54, 1.807) is 12.1 Å². The molecular formula is C12H12O4. The van der Waals surface area contributed by atoms with Crippen LogP contribution in [-0.4, -0.2) is 16.7 Å². The first-order valence-electron chi connectivity index (χ1n) is 5.09. The Balaban J connectivity index is 2.29. The molecule has 1 atom stereocenters. The van der Waals surface area contributed by atoms with Crippen molar-refractivity contribution in [2.75, 3.05) is 0 Å². The second kappa shape index (κ2) is 3.96. The van der Waals surface area contributed by atoms with E-state index in [9.17, 15) is 14.7 Å². The first-order chi connectivity index (χ1) is 7.59. The summed E-state index contributed by atoms with van der Waals surface area (Å²) < 4.78 is 5.19. The molecule has 0 spiro atoms. The van der Waals surface area contributed by atoms with Gasteiger partial charge in [-0.3, -0.25) is 9.59 Å². The van der Waals surface area contributed by atoms with Crippen LogP contribution in [-0.2, 0) is 9.59 Å². The molecule has 4 nitrogen and oxygen atoms in total. The average molecular weight is 220 g/mol. The lowest BCUT2D eigenvalue weighted by Gasteiger charge is -2.20. The SMILES string of the molecule is CC(=O)C1=C(O)CC(c2ccco2)CC1=O. The lowest BCUT2D eigenvalue weighted by molar-refractivity contribution is -0.121. The largest absolute Gasteiger partial charge is 0.511 e. The van der Waals surface area contributed by atoms with Gasteiger partial charge in [-0.15, -0.1) is 0 Å². The zero-order valence-corrected chi connectivity index (χ0v) is 8.90. The predicted molar refractivity (Wildman–Crippen MR) is 56.0 cm³/mol. The van der Waals surface area contributed by atoms with E-state index in [0.717, 1.165) is 0 Å². The van der Waals surface area contributed by atoms with Crippen molar-refractivity contribution in [3.05, 3.63) is 35.5 Å². The summed E-state index contributed by atoms with van der Waals surface area (Å²) in [5.74, 6) is -0.295. The third-order valence-corrected chi connectivity index (χ3v) is 2.74. The average Bonchev–Trinajstić information content (AvgIpc) is 2.67. The molecule has 1 unspecified atom stereocenters. The van der Waals surface area contributed by atoms with E-state index in [4.69, 9.17) is 4.42 Å². The van der Waals surface area contributed by atoms with Crippen molar-refractivity contribution >= 4 is 11.6 Å². The van der Waals surface area contributed by atoms with E-state index in [1.807, 2.05) is 0 Å². The summed E-state index contributed by atoms with van der Waals surface area (Å²) in [5.41, 5.74) is -0.0530. The van der Waals surface area contributed by atoms with Crippen molar-refractivity contribution in [2.24, 2.45) is 0 Å². The summed E-state index contributed by atoms with van der Waals surface area (Å²) >= 11 is 0. The highest BCUT2D eigenvalue weighted by Crippen LogP contribution is 2.33. The molecule has 16 heavy (non-hydrogen) atoms. The first kappa shape index (κ1) is 10.7. The van der Waals surface area contributed by atoms with Crippen molar-refractivity contribution in [3.63, 3.8) is 0 Å². The third-order valence-electron chi connectivity index (χ3n) is 2.74. The van der Waals surface area contributed by atoms with Crippen molar-refractivity contribution in [2.45, 2.75) is 25.7 Å². The molecule has 84 valence electrons. The Labute approximate surface area is 92.6 Å². The van der Waals surface area contributed by atoms with Gasteiger partial charge in [0.25, 0.3) is 0 Å². The molecule has 1 aliphatic carbocycles. The molecule has 1 aromatic rings. The fourth-order valence-corrected chi connectivity index (χ4v) is 2.02. The summed E-state index contributed by atoms with van der Waals surface area (Å²) in [6.07, 6.45) is 2.03. The third kappa shape index (κ3) is 1.78. The van der Waals surface area contributed by atoms with Crippen LogP contribution in [0.15, 0.2) is 34.1 Å². The van der Waals surface area contributed by atoms with Crippen LogP contribution >= 0.6 is 0 Å². The van der Waals surface area contributed by atoms with Crippen LogP contribution in [0.25, 0.3) is 0 Å². The molecule has 0 radical (unpaired) electrons. The van der Waals surface area contributed by atoms with Gasteiger partial charge in [-0.1, -0.05) is 0 Å². The van der Waals surface area contributed by atoms with E-state index in [2.05, 4.69) is 0 Å². The minimum Gasteiger partial charge on any atom is -0.511 e. The maximum atomic E-state index is 11.7. The van der Waals surface area contributed by atoms with Gasteiger partial charge in [0.05, 0.1) is 11.8 Å². The fourth-order valence-electron chi connectivity index (χ4n) is 2.02. The van der Waals surface area contributed by atoms with E-state index in [1.165, 1.54) is 13.2 Å². The van der Waals surface area contributed by atoms with Gasteiger partial charge in [0.1, 0.15) is 11.5 Å². The maximum Gasteiger partial charge on any atom is 0.170 e. The van der Waals surface area contributed by atoms with Crippen molar-refractivity contribution in [1.82, 2.24) is 0 Å². The zero-order chi connectivity index (χ0) is 11.7. The van der Waals surface area contributed by atoms with Gasteiger partial charge in [0, 0.05) is 18.8 Å². The number of hydrogen-bond acceptors (Lipinski definition) is 4. The Morgan fingerprint density at radius 3 is 2.75 bits per heavy atom. The monoisotopic (exact) mass is 220 g/mol. The van der Waals surface area contributed by atoms with Crippen molar-refractivity contribution < 1.29 is 19.1 Å². The molecule has 0 saturated carbocycles. The van der Waals surface area contributed by atoms with Crippen LogP contribution in [0.2, 0.25) is 0 Å². The first-order valence-corrected chi connectivity index (χ1v) is 5.09. The molecule has 1 aliphatic rings. The number of rotatable bonds is 2. The quantitative estimate of drug-likeness (QED) is 0.775. The van der Waals surface area contributed by atoms with Gasteiger partial charge in [-0.25, -0.2) is 0 Å². The van der Waals surface area contributed by atoms with Crippen LogP contribution in [0.3, 0.4) is 0 Å². The number of furan rings is 1. The van der Waals surface area contributed by atoms with Gasteiger partial charge in [-0.05, 0) is 19.1 Å². The fraction of sp³-hybridized carbons (Fsp3) is 0.333. The van der Waals surface area contributed by atoms with E-state index < -0.39 is 0 Å². The molecular weight excluding hydrogens is 208 g/mol. The molecule has 1 aromatic heterocycles. The lowest BCUT2D eigenvalue weighted by atomic mass is 9.84. The standard InChI is InChI=1S/C12H12O4/c1-7(13)12-9(14)5-8(6-10(12)15)11-3-2-4-16-11/h2-4,8,14H,5-6H2,1H3. The Morgan fingerprint density at radius 1 is 1.50 bits per heavy atom. The van der Waals surface area contributed by atoms with E-state index >= 15 is 0 Å². The van der Waals surface area contributed by atoms with Crippen LogP contribution in [0.1, 0.15) is 31.4 Å². The Bertz CT molecular complexity index is 453. The molecule has 1 heterocycles. The highest BCUT2D eigenvalue weighted by Gasteiger charge is 2.31. The zero-order valence-electron chi connectivity index (χ0n) is 8.90. The second-order valence-corrected chi connectivity index (χ2v) is 3.92. The molecule has 0 fully saturated rings. The van der Waals surface area contributed by atoms with Crippen molar-refractivity contribution in [3.8, 4) is 0 Å². The number of Topliss-reactive ketones (excluding diaryl/α,β-unsaturated/α-hetero) is 2. The van der Waals surface area contributed by atoms with Crippen molar-refractivity contribution in [1.29, 1.82) is 0 Å². The van der Waals surface area contributed by atoms with Crippen LogP contribution in [0, 0.1) is 0 Å². The van der Waals surface area contributed by atoms with Gasteiger partial charge >= 0.3 is 0 Å². The highest BCUT2D eigenvalue weighted by molar-refractivity contribution is 6.20. The number of hydrogen-bond donors (Lipinski definition) is 1. The number of allylic oxidation sites excluding steroid dienone is 2. The summed E-state index contributed by atoms with van der Waals surface area (Å²) in [5, 5.41) is 9.68. The molecule has 4 heteroatoms. The summed E-state index contributed by atoms with van der Waals surface area (Å²) in [6.45, 7) is 1.29. The molecule has 0 saturated heterocycles. The highest BCUT2D eigenvalue weighted by atomic mass is 16.3. The minimum absolute atomic E-state index is 0.0530. The summed E-state index contributed by atoms with van der Waals surface area (Å²) in [7, 11) is 0. The number of aliphatic hydroxyl groups is 1. The Kier molecular flexibility index (Phi) is 2.64. The molecule has 0 amide bonds. The maximum absolute atomic E-state index is 11.7.